The monoisotopic (exact) mass is 377 g/mol. The van der Waals surface area contributed by atoms with Crippen molar-refractivity contribution in [3.63, 3.8) is 0 Å². The Hall–Kier alpha value is -3.49. The summed E-state index contributed by atoms with van der Waals surface area (Å²) in [6.45, 7) is 0. The highest BCUT2D eigenvalue weighted by molar-refractivity contribution is 5.88. The van der Waals surface area contributed by atoms with Crippen molar-refractivity contribution < 1.29 is 27.4 Å². The summed E-state index contributed by atoms with van der Waals surface area (Å²) in [6, 6.07) is 10.6. The molecule has 3 rings (SSSR count). The van der Waals surface area contributed by atoms with Gasteiger partial charge in [0.1, 0.15) is 5.75 Å². The molecule has 0 aliphatic heterocycles. The fraction of sp³-hybridized carbons (Fsp3) is 0.111. The van der Waals surface area contributed by atoms with Crippen LogP contribution in [-0.2, 0) is 9.53 Å². The molecule has 0 saturated heterocycles. The molecule has 0 bridgehead atoms. The maximum absolute atomic E-state index is 12.2. The predicted octanol–water partition coefficient (Wildman–Crippen LogP) is 4.39. The SMILES string of the molecule is COC(=O)/C=C/c1ccc2nc(Nc3ccc(OC(F)(F)F)cc3)[nH]c2c1. The van der Waals surface area contributed by atoms with Gasteiger partial charge in [0, 0.05) is 11.8 Å². The average Bonchev–Trinajstić information content (AvgIpc) is 3.01. The standard InChI is InChI=1S/C18H14F3N3O3/c1-26-16(25)9-3-11-2-8-14-15(10-11)24-17(23-14)22-12-4-6-13(7-5-12)27-18(19,20)21/h2-10H,1H3,(H2,22,23,24)/b9-3+. The molecule has 2 aromatic carbocycles. The molecule has 0 radical (unpaired) electrons. The van der Waals surface area contributed by atoms with Gasteiger partial charge in [-0.1, -0.05) is 6.07 Å². The van der Waals surface area contributed by atoms with Gasteiger partial charge in [-0.25, -0.2) is 9.78 Å². The molecule has 0 spiro atoms. The number of halogens is 3. The van der Waals surface area contributed by atoms with E-state index in [0.29, 0.717) is 17.2 Å². The summed E-state index contributed by atoms with van der Waals surface area (Å²) >= 11 is 0. The zero-order valence-corrected chi connectivity index (χ0v) is 14.0. The number of carbonyl (C=O) groups is 1. The van der Waals surface area contributed by atoms with Crippen LogP contribution < -0.4 is 10.1 Å². The number of aromatic amines is 1. The van der Waals surface area contributed by atoms with Crippen molar-refractivity contribution in [3.05, 3.63) is 54.1 Å². The summed E-state index contributed by atoms with van der Waals surface area (Å²) in [5, 5.41) is 2.97. The second-order valence-electron chi connectivity index (χ2n) is 5.42. The second-order valence-corrected chi connectivity index (χ2v) is 5.42. The lowest BCUT2D eigenvalue weighted by molar-refractivity contribution is -0.274. The third kappa shape index (κ3) is 5.00. The lowest BCUT2D eigenvalue weighted by Gasteiger charge is -2.09. The van der Waals surface area contributed by atoms with Crippen LogP contribution in [-0.4, -0.2) is 29.4 Å². The summed E-state index contributed by atoms with van der Waals surface area (Å²) in [6.07, 6.45) is -1.81. The zero-order valence-electron chi connectivity index (χ0n) is 14.0. The van der Waals surface area contributed by atoms with E-state index < -0.39 is 12.3 Å². The van der Waals surface area contributed by atoms with Gasteiger partial charge >= 0.3 is 12.3 Å². The van der Waals surface area contributed by atoms with Crippen LogP contribution in [0, 0.1) is 0 Å². The highest BCUT2D eigenvalue weighted by Gasteiger charge is 2.30. The Bertz CT molecular complexity index is 979. The van der Waals surface area contributed by atoms with Crippen molar-refractivity contribution >= 4 is 34.7 Å². The number of rotatable bonds is 5. The lowest BCUT2D eigenvalue weighted by atomic mass is 10.2. The third-order valence-corrected chi connectivity index (χ3v) is 3.47. The minimum Gasteiger partial charge on any atom is -0.466 e. The molecular weight excluding hydrogens is 363 g/mol. The number of fused-ring (bicyclic) bond motifs is 1. The van der Waals surface area contributed by atoms with Gasteiger partial charge in [-0.05, 0) is 48.0 Å². The first-order chi connectivity index (χ1) is 12.8. The summed E-state index contributed by atoms with van der Waals surface area (Å²) in [7, 11) is 1.30. The number of ether oxygens (including phenoxy) is 2. The fourth-order valence-electron chi connectivity index (χ4n) is 2.30. The van der Waals surface area contributed by atoms with Crippen molar-refractivity contribution in [2.24, 2.45) is 0 Å². The van der Waals surface area contributed by atoms with Crippen molar-refractivity contribution in [1.82, 2.24) is 9.97 Å². The molecule has 6 nitrogen and oxygen atoms in total. The molecule has 27 heavy (non-hydrogen) atoms. The maximum Gasteiger partial charge on any atom is 0.573 e. The summed E-state index contributed by atoms with van der Waals surface area (Å²) in [5.41, 5.74) is 2.72. The minimum atomic E-state index is -4.73. The number of imidazole rings is 1. The molecular formula is C18H14F3N3O3. The summed E-state index contributed by atoms with van der Waals surface area (Å²) in [4.78, 5) is 18.6. The Morgan fingerprint density at radius 2 is 1.93 bits per heavy atom. The molecule has 1 aromatic heterocycles. The maximum atomic E-state index is 12.2. The van der Waals surface area contributed by atoms with Gasteiger partial charge in [0.2, 0.25) is 5.95 Å². The van der Waals surface area contributed by atoms with E-state index in [1.54, 1.807) is 24.3 Å². The number of anilines is 2. The largest absolute Gasteiger partial charge is 0.573 e. The van der Waals surface area contributed by atoms with E-state index in [0.717, 1.165) is 11.1 Å². The average molecular weight is 377 g/mol. The normalized spacial score (nSPS) is 11.7. The van der Waals surface area contributed by atoms with E-state index in [9.17, 15) is 18.0 Å². The van der Waals surface area contributed by atoms with E-state index >= 15 is 0 Å². The van der Waals surface area contributed by atoms with Gasteiger partial charge in [-0.3, -0.25) is 0 Å². The van der Waals surface area contributed by atoms with Gasteiger partial charge in [-0.2, -0.15) is 0 Å². The molecule has 0 fully saturated rings. The lowest BCUT2D eigenvalue weighted by Crippen LogP contribution is -2.16. The number of methoxy groups -OCH3 is 1. The van der Waals surface area contributed by atoms with E-state index in [2.05, 4.69) is 24.8 Å². The van der Waals surface area contributed by atoms with E-state index in [-0.39, 0.29) is 5.75 Å². The number of esters is 1. The third-order valence-electron chi connectivity index (χ3n) is 3.47. The van der Waals surface area contributed by atoms with E-state index in [1.807, 2.05) is 0 Å². The first kappa shape index (κ1) is 18.3. The molecule has 0 atom stereocenters. The van der Waals surface area contributed by atoms with Crippen molar-refractivity contribution in [2.45, 2.75) is 6.36 Å². The molecule has 0 unspecified atom stereocenters. The van der Waals surface area contributed by atoms with Gasteiger partial charge in [0.05, 0.1) is 18.1 Å². The van der Waals surface area contributed by atoms with Crippen LogP contribution in [0.15, 0.2) is 48.5 Å². The smallest absolute Gasteiger partial charge is 0.466 e. The van der Waals surface area contributed by atoms with Gasteiger partial charge in [0.15, 0.2) is 0 Å². The van der Waals surface area contributed by atoms with Gasteiger partial charge < -0.3 is 19.8 Å². The molecule has 0 saturated carbocycles. The molecule has 0 aliphatic carbocycles. The van der Waals surface area contributed by atoms with Crippen LogP contribution in [0.1, 0.15) is 5.56 Å². The predicted molar refractivity (Wildman–Crippen MR) is 93.6 cm³/mol. The number of nitrogens with one attached hydrogen (secondary N) is 2. The number of H-pyrrole nitrogens is 1. The molecule has 2 N–H and O–H groups in total. The van der Waals surface area contributed by atoms with Crippen LogP contribution in [0.4, 0.5) is 24.8 Å². The molecule has 9 heteroatoms. The Balaban J connectivity index is 1.73. The van der Waals surface area contributed by atoms with E-state index in [4.69, 9.17) is 0 Å². The minimum absolute atomic E-state index is 0.306. The highest BCUT2D eigenvalue weighted by Crippen LogP contribution is 2.25. The van der Waals surface area contributed by atoms with Crippen molar-refractivity contribution in [3.8, 4) is 5.75 Å². The topological polar surface area (TPSA) is 76.2 Å². The first-order valence-electron chi connectivity index (χ1n) is 7.71. The molecule has 1 heterocycles. The Morgan fingerprint density at radius 1 is 1.19 bits per heavy atom. The van der Waals surface area contributed by atoms with Gasteiger partial charge in [-0.15, -0.1) is 13.2 Å². The van der Waals surface area contributed by atoms with E-state index in [1.165, 1.54) is 37.5 Å². The van der Waals surface area contributed by atoms with Crippen LogP contribution in [0.2, 0.25) is 0 Å². The Morgan fingerprint density at radius 3 is 2.59 bits per heavy atom. The van der Waals surface area contributed by atoms with Crippen LogP contribution in [0.3, 0.4) is 0 Å². The number of hydrogen-bond acceptors (Lipinski definition) is 5. The second kappa shape index (κ2) is 7.40. The molecule has 3 aromatic rings. The van der Waals surface area contributed by atoms with Crippen molar-refractivity contribution in [2.75, 3.05) is 12.4 Å². The quantitative estimate of drug-likeness (QED) is 0.509. The number of carbonyl (C=O) groups excluding carboxylic acids is 1. The number of benzene rings is 2. The van der Waals surface area contributed by atoms with Crippen LogP contribution in [0.25, 0.3) is 17.1 Å². The van der Waals surface area contributed by atoms with Crippen molar-refractivity contribution in [1.29, 1.82) is 0 Å². The summed E-state index contributed by atoms with van der Waals surface area (Å²) in [5.74, 6) is -0.344. The molecule has 140 valence electrons. The Labute approximate surface area is 151 Å². The number of aromatic nitrogens is 2. The number of hydrogen-bond donors (Lipinski definition) is 2. The Kier molecular flexibility index (Phi) is 5.02. The summed E-state index contributed by atoms with van der Waals surface area (Å²) < 4.78 is 44.9. The zero-order chi connectivity index (χ0) is 19.4. The molecule has 0 aliphatic rings. The van der Waals surface area contributed by atoms with Gasteiger partial charge in [0.25, 0.3) is 0 Å². The number of nitrogens with zero attached hydrogens (tertiary/aromatic N) is 1. The molecule has 0 amide bonds. The van der Waals surface area contributed by atoms with Crippen LogP contribution >= 0.6 is 0 Å². The number of alkyl halides is 3. The van der Waals surface area contributed by atoms with Crippen LogP contribution in [0.5, 0.6) is 5.75 Å². The highest BCUT2D eigenvalue weighted by atomic mass is 19.4. The fourth-order valence-corrected chi connectivity index (χ4v) is 2.30. The first-order valence-corrected chi connectivity index (χ1v) is 7.71.